The topological polar surface area (TPSA) is 38.3 Å². The molecule has 1 aliphatic carbocycles. The summed E-state index contributed by atoms with van der Waals surface area (Å²) in [6.07, 6.45) is 5.09. The molecule has 3 nitrogen and oxygen atoms in total. The molecule has 19 heavy (non-hydrogen) atoms. The van der Waals surface area contributed by atoms with Crippen LogP contribution in [-0.4, -0.2) is 19.6 Å². The summed E-state index contributed by atoms with van der Waals surface area (Å²) in [5, 5.41) is 3.08. The molecule has 104 valence electrons. The zero-order chi connectivity index (χ0) is 13.7. The smallest absolute Gasteiger partial charge is 0.230 e. The van der Waals surface area contributed by atoms with Crippen molar-refractivity contribution in [2.45, 2.75) is 44.4 Å². The normalized spacial score (nSPS) is 16.5. The Hall–Kier alpha value is -1.51. The van der Waals surface area contributed by atoms with Crippen LogP contribution < -0.4 is 10.1 Å². The number of carbonyl (C=O) groups is 1. The highest BCUT2D eigenvalue weighted by Gasteiger charge is 2.46. The van der Waals surface area contributed by atoms with E-state index in [4.69, 9.17) is 4.74 Å². The summed E-state index contributed by atoms with van der Waals surface area (Å²) in [7, 11) is 1.67. The van der Waals surface area contributed by atoms with E-state index in [0.717, 1.165) is 50.0 Å². The Morgan fingerprint density at radius 2 is 2.11 bits per heavy atom. The van der Waals surface area contributed by atoms with Gasteiger partial charge in [-0.25, -0.2) is 0 Å². The predicted octanol–water partition coefficient (Wildman–Crippen LogP) is 3.03. The highest BCUT2D eigenvalue weighted by molar-refractivity contribution is 5.90. The van der Waals surface area contributed by atoms with Crippen LogP contribution in [0.4, 0.5) is 0 Å². The minimum atomic E-state index is -0.361. The molecule has 1 aliphatic rings. The number of hydrogen-bond donors (Lipinski definition) is 1. The molecule has 0 atom stereocenters. The third-order valence-electron chi connectivity index (χ3n) is 4.08. The Morgan fingerprint density at radius 1 is 1.37 bits per heavy atom. The van der Waals surface area contributed by atoms with Gasteiger partial charge in [-0.1, -0.05) is 38.0 Å². The lowest BCUT2D eigenvalue weighted by molar-refractivity contribution is -0.130. The largest absolute Gasteiger partial charge is 0.496 e. The van der Waals surface area contributed by atoms with Crippen molar-refractivity contribution >= 4 is 5.91 Å². The molecule has 1 amide bonds. The Morgan fingerprint density at radius 3 is 2.68 bits per heavy atom. The highest BCUT2D eigenvalue weighted by Crippen LogP contribution is 2.47. The minimum absolute atomic E-state index is 0.164. The summed E-state index contributed by atoms with van der Waals surface area (Å²) in [5.41, 5.74) is 0.679. The van der Waals surface area contributed by atoms with Crippen molar-refractivity contribution in [3.8, 4) is 5.75 Å². The molecular weight excluding hydrogens is 238 g/mol. The Balaban J connectivity index is 2.20. The number of rotatable bonds is 6. The zero-order valence-corrected chi connectivity index (χ0v) is 11.9. The molecule has 1 fully saturated rings. The predicted molar refractivity (Wildman–Crippen MR) is 76.4 cm³/mol. The second-order valence-electron chi connectivity index (χ2n) is 5.25. The first-order chi connectivity index (χ1) is 9.24. The van der Waals surface area contributed by atoms with Crippen LogP contribution in [0.15, 0.2) is 24.3 Å². The van der Waals surface area contributed by atoms with E-state index in [-0.39, 0.29) is 11.3 Å². The summed E-state index contributed by atoms with van der Waals surface area (Å²) in [6, 6.07) is 7.90. The van der Waals surface area contributed by atoms with Crippen LogP contribution in [-0.2, 0) is 10.2 Å². The van der Waals surface area contributed by atoms with Crippen LogP contribution in [0, 0.1) is 0 Å². The van der Waals surface area contributed by atoms with E-state index in [0.29, 0.717) is 0 Å². The van der Waals surface area contributed by atoms with E-state index < -0.39 is 0 Å². The van der Waals surface area contributed by atoms with Gasteiger partial charge in [0.2, 0.25) is 5.91 Å². The first-order valence-electron chi connectivity index (χ1n) is 7.16. The fourth-order valence-electron chi connectivity index (χ4n) is 2.74. The third kappa shape index (κ3) is 2.60. The number of methoxy groups -OCH3 is 1. The van der Waals surface area contributed by atoms with Crippen LogP contribution in [0.2, 0.25) is 0 Å². The van der Waals surface area contributed by atoms with E-state index in [9.17, 15) is 4.79 Å². The molecule has 0 aliphatic heterocycles. The summed E-state index contributed by atoms with van der Waals surface area (Å²) in [5.74, 6) is 0.990. The lowest BCUT2D eigenvalue weighted by Gasteiger charge is -2.41. The Kier molecular flexibility index (Phi) is 4.46. The molecule has 0 unspecified atom stereocenters. The number of ether oxygens (including phenoxy) is 1. The van der Waals surface area contributed by atoms with Gasteiger partial charge in [0.05, 0.1) is 12.5 Å². The average molecular weight is 261 g/mol. The molecule has 0 spiro atoms. The standard InChI is InChI=1S/C16H23NO2/c1-3-4-12-17-15(18)16(10-7-11-16)13-8-5-6-9-14(13)19-2/h5-6,8-9H,3-4,7,10-12H2,1-2H3,(H,17,18). The van der Waals surface area contributed by atoms with E-state index in [1.165, 1.54) is 0 Å². The third-order valence-corrected chi connectivity index (χ3v) is 4.08. The van der Waals surface area contributed by atoms with Crippen molar-refractivity contribution < 1.29 is 9.53 Å². The van der Waals surface area contributed by atoms with Gasteiger partial charge < -0.3 is 10.1 Å². The van der Waals surface area contributed by atoms with Crippen LogP contribution >= 0.6 is 0 Å². The van der Waals surface area contributed by atoms with Crippen LogP contribution in [0.1, 0.15) is 44.6 Å². The molecule has 0 bridgehead atoms. The van der Waals surface area contributed by atoms with Gasteiger partial charge in [-0.05, 0) is 25.3 Å². The van der Waals surface area contributed by atoms with Crippen molar-refractivity contribution in [2.75, 3.05) is 13.7 Å². The molecule has 0 aromatic heterocycles. The van der Waals surface area contributed by atoms with E-state index in [1.807, 2.05) is 24.3 Å². The number of unbranched alkanes of at least 4 members (excludes halogenated alkanes) is 1. The second-order valence-corrected chi connectivity index (χ2v) is 5.25. The molecule has 1 aromatic carbocycles. The van der Waals surface area contributed by atoms with Crippen molar-refractivity contribution in [3.63, 3.8) is 0 Å². The Labute approximate surface area is 115 Å². The van der Waals surface area contributed by atoms with Gasteiger partial charge in [0.1, 0.15) is 5.75 Å². The lowest BCUT2D eigenvalue weighted by atomic mass is 9.63. The van der Waals surface area contributed by atoms with E-state index >= 15 is 0 Å². The molecule has 0 heterocycles. The maximum Gasteiger partial charge on any atom is 0.230 e. The number of nitrogens with one attached hydrogen (secondary N) is 1. The van der Waals surface area contributed by atoms with E-state index in [2.05, 4.69) is 12.2 Å². The molecular formula is C16H23NO2. The summed E-state index contributed by atoms with van der Waals surface area (Å²) >= 11 is 0. The molecule has 0 radical (unpaired) electrons. The Bertz CT molecular complexity index is 438. The summed E-state index contributed by atoms with van der Waals surface area (Å²) in [6.45, 7) is 2.90. The molecule has 1 N–H and O–H groups in total. The number of benzene rings is 1. The summed E-state index contributed by atoms with van der Waals surface area (Å²) in [4.78, 5) is 12.5. The molecule has 2 rings (SSSR count). The fourth-order valence-corrected chi connectivity index (χ4v) is 2.74. The van der Waals surface area contributed by atoms with Crippen molar-refractivity contribution in [2.24, 2.45) is 0 Å². The number of carbonyl (C=O) groups excluding carboxylic acids is 1. The highest BCUT2D eigenvalue weighted by atomic mass is 16.5. The molecule has 0 saturated heterocycles. The van der Waals surface area contributed by atoms with Gasteiger partial charge >= 0.3 is 0 Å². The van der Waals surface area contributed by atoms with Crippen molar-refractivity contribution in [1.82, 2.24) is 5.32 Å². The quantitative estimate of drug-likeness (QED) is 0.799. The molecule has 3 heteroatoms. The second kappa shape index (κ2) is 6.09. The van der Waals surface area contributed by atoms with Gasteiger partial charge in [0.25, 0.3) is 0 Å². The van der Waals surface area contributed by atoms with Gasteiger partial charge in [-0.3, -0.25) is 4.79 Å². The van der Waals surface area contributed by atoms with Gasteiger partial charge in [0.15, 0.2) is 0 Å². The van der Waals surface area contributed by atoms with Crippen LogP contribution in [0.5, 0.6) is 5.75 Å². The van der Waals surface area contributed by atoms with Crippen molar-refractivity contribution in [3.05, 3.63) is 29.8 Å². The minimum Gasteiger partial charge on any atom is -0.496 e. The lowest BCUT2D eigenvalue weighted by Crippen LogP contribution is -2.49. The number of hydrogen-bond acceptors (Lipinski definition) is 2. The average Bonchev–Trinajstić information content (AvgIpc) is 2.38. The fraction of sp³-hybridized carbons (Fsp3) is 0.562. The monoisotopic (exact) mass is 261 g/mol. The maximum absolute atomic E-state index is 12.5. The van der Waals surface area contributed by atoms with E-state index in [1.54, 1.807) is 7.11 Å². The number of amides is 1. The molecule has 1 aromatic rings. The molecule has 1 saturated carbocycles. The summed E-state index contributed by atoms with van der Waals surface area (Å²) < 4.78 is 5.42. The first kappa shape index (κ1) is 13.9. The van der Waals surface area contributed by atoms with Crippen molar-refractivity contribution in [1.29, 1.82) is 0 Å². The SMILES string of the molecule is CCCCNC(=O)C1(c2ccccc2OC)CCC1. The van der Waals surface area contributed by atoms with Crippen LogP contribution in [0.3, 0.4) is 0 Å². The van der Waals surface area contributed by atoms with Crippen LogP contribution in [0.25, 0.3) is 0 Å². The maximum atomic E-state index is 12.5. The first-order valence-corrected chi connectivity index (χ1v) is 7.16. The van der Waals surface area contributed by atoms with Gasteiger partial charge in [0, 0.05) is 12.1 Å². The van der Waals surface area contributed by atoms with Gasteiger partial charge in [-0.15, -0.1) is 0 Å². The number of para-hydroxylation sites is 1. The van der Waals surface area contributed by atoms with Gasteiger partial charge in [-0.2, -0.15) is 0 Å². The zero-order valence-electron chi connectivity index (χ0n) is 11.9.